The number of nitrogens with zero attached hydrogens (tertiary/aromatic N) is 3. The van der Waals surface area contributed by atoms with Crippen LogP contribution in [-0.4, -0.2) is 48.6 Å². The maximum atomic E-state index is 12.1. The van der Waals surface area contributed by atoms with Crippen LogP contribution in [0.4, 0.5) is 5.95 Å². The SMILES string of the molecule is CCCNCCNC(=O)c1ccnc(N2CCCCC2)n1. The molecule has 0 unspecified atom stereocenters. The van der Waals surface area contributed by atoms with Gasteiger partial charge in [-0.1, -0.05) is 6.92 Å². The van der Waals surface area contributed by atoms with Gasteiger partial charge in [0.25, 0.3) is 5.91 Å². The lowest BCUT2D eigenvalue weighted by atomic mass is 10.1. The van der Waals surface area contributed by atoms with Crippen LogP contribution in [0.15, 0.2) is 12.3 Å². The first kappa shape index (κ1) is 15.7. The van der Waals surface area contributed by atoms with E-state index in [1.165, 1.54) is 19.3 Å². The monoisotopic (exact) mass is 291 g/mol. The first-order valence-corrected chi connectivity index (χ1v) is 7.88. The Kier molecular flexibility index (Phi) is 6.40. The molecule has 0 radical (unpaired) electrons. The molecule has 1 aliphatic heterocycles. The Morgan fingerprint density at radius 1 is 1.24 bits per heavy atom. The summed E-state index contributed by atoms with van der Waals surface area (Å²) in [6.45, 7) is 6.45. The van der Waals surface area contributed by atoms with E-state index in [1.54, 1.807) is 12.3 Å². The van der Waals surface area contributed by atoms with E-state index in [1.807, 2.05) is 0 Å². The van der Waals surface area contributed by atoms with E-state index in [9.17, 15) is 4.79 Å². The molecule has 1 aromatic heterocycles. The largest absolute Gasteiger partial charge is 0.349 e. The molecule has 1 aliphatic rings. The zero-order chi connectivity index (χ0) is 14.9. The third kappa shape index (κ3) is 4.97. The maximum Gasteiger partial charge on any atom is 0.270 e. The van der Waals surface area contributed by atoms with Crippen LogP contribution in [-0.2, 0) is 0 Å². The van der Waals surface area contributed by atoms with Crippen molar-refractivity contribution in [1.82, 2.24) is 20.6 Å². The molecule has 2 N–H and O–H groups in total. The van der Waals surface area contributed by atoms with E-state index in [4.69, 9.17) is 0 Å². The molecule has 1 saturated heterocycles. The number of rotatable bonds is 7. The highest BCUT2D eigenvalue weighted by atomic mass is 16.1. The van der Waals surface area contributed by atoms with Crippen LogP contribution >= 0.6 is 0 Å². The quantitative estimate of drug-likeness (QED) is 0.739. The zero-order valence-corrected chi connectivity index (χ0v) is 12.8. The third-order valence-electron chi connectivity index (χ3n) is 3.53. The van der Waals surface area contributed by atoms with Crippen LogP contribution < -0.4 is 15.5 Å². The molecule has 2 rings (SSSR count). The lowest BCUT2D eigenvalue weighted by Crippen LogP contribution is -2.34. The number of nitrogens with one attached hydrogen (secondary N) is 2. The van der Waals surface area contributed by atoms with E-state index < -0.39 is 0 Å². The number of aromatic nitrogens is 2. The predicted octanol–water partition coefficient (Wildman–Crippen LogP) is 1.20. The Hall–Kier alpha value is -1.69. The summed E-state index contributed by atoms with van der Waals surface area (Å²) in [6, 6.07) is 1.67. The fraction of sp³-hybridized carbons (Fsp3) is 0.667. The van der Waals surface area contributed by atoms with Crippen molar-refractivity contribution >= 4 is 11.9 Å². The summed E-state index contributed by atoms with van der Waals surface area (Å²) in [6.07, 6.45) is 6.37. The van der Waals surface area contributed by atoms with Gasteiger partial charge < -0.3 is 15.5 Å². The molecule has 0 saturated carbocycles. The van der Waals surface area contributed by atoms with Crippen molar-refractivity contribution in [3.63, 3.8) is 0 Å². The highest BCUT2D eigenvalue weighted by Gasteiger charge is 2.15. The summed E-state index contributed by atoms with van der Waals surface area (Å²) in [7, 11) is 0. The molecule has 1 amide bonds. The van der Waals surface area contributed by atoms with Crippen LogP contribution in [0.3, 0.4) is 0 Å². The van der Waals surface area contributed by atoms with Gasteiger partial charge in [0.1, 0.15) is 5.69 Å². The lowest BCUT2D eigenvalue weighted by Gasteiger charge is -2.26. The van der Waals surface area contributed by atoms with Gasteiger partial charge in [-0.2, -0.15) is 0 Å². The van der Waals surface area contributed by atoms with Crippen molar-refractivity contribution in [1.29, 1.82) is 0 Å². The Labute approximate surface area is 126 Å². The van der Waals surface area contributed by atoms with Crippen LogP contribution in [0, 0.1) is 0 Å². The first-order chi connectivity index (χ1) is 10.3. The molecular weight excluding hydrogens is 266 g/mol. The molecule has 1 fully saturated rings. The molecule has 0 atom stereocenters. The molecule has 6 nitrogen and oxygen atoms in total. The molecule has 21 heavy (non-hydrogen) atoms. The van der Waals surface area contributed by atoms with Crippen LogP contribution in [0.25, 0.3) is 0 Å². The van der Waals surface area contributed by atoms with Crippen molar-refractivity contribution in [3.8, 4) is 0 Å². The minimum atomic E-state index is -0.131. The molecular formula is C15H25N5O. The standard InChI is InChI=1S/C15H25N5O/c1-2-7-16-9-10-17-14(21)13-6-8-18-15(19-13)20-11-4-3-5-12-20/h6,8,16H,2-5,7,9-12H2,1H3,(H,17,21). The van der Waals surface area contributed by atoms with Crippen LogP contribution in [0.2, 0.25) is 0 Å². The highest BCUT2D eigenvalue weighted by molar-refractivity contribution is 5.92. The number of amides is 1. The van der Waals surface area contributed by atoms with E-state index in [0.29, 0.717) is 18.2 Å². The Morgan fingerprint density at radius 2 is 2.05 bits per heavy atom. The second-order valence-electron chi connectivity index (χ2n) is 5.30. The van der Waals surface area contributed by atoms with Crippen molar-refractivity contribution in [2.75, 3.05) is 37.6 Å². The lowest BCUT2D eigenvalue weighted by molar-refractivity contribution is 0.0949. The number of anilines is 1. The number of carbonyl (C=O) groups excluding carboxylic acids is 1. The van der Waals surface area contributed by atoms with Gasteiger partial charge in [0, 0.05) is 32.4 Å². The predicted molar refractivity (Wildman–Crippen MR) is 83.6 cm³/mol. The number of piperidine rings is 1. The minimum Gasteiger partial charge on any atom is -0.349 e. The third-order valence-corrected chi connectivity index (χ3v) is 3.53. The molecule has 6 heteroatoms. The fourth-order valence-corrected chi connectivity index (χ4v) is 2.38. The normalized spacial score (nSPS) is 15.0. The van der Waals surface area contributed by atoms with E-state index in [0.717, 1.165) is 32.6 Å². The summed E-state index contributed by atoms with van der Waals surface area (Å²) < 4.78 is 0. The molecule has 0 aliphatic carbocycles. The zero-order valence-electron chi connectivity index (χ0n) is 12.8. The summed E-state index contributed by atoms with van der Waals surface area (Å²) in [5.41, 5.74) is 0.445. The highest BCUT2D eigenvalue weighted by Crippen LogP contribution is 2.15. The topological polar surface area (TPSA) is 70.2 Å². The van der Waals surface area contributed by atoms with Crippen LogP contribution in [0.5, 0.6) is 0 Å². The average molecular weight is 291 g/mol. The van der Waals surface area contributed by atoms with Gasteiger partial charge >= 0.3 is 0 Å². The molecule has 2 heterocycles. The average Bonchev–Trinajstić information content (AvgIpc) is 2.55. The van der Waals surface area contributed by atoms with Crippen LogP contribution in [0.1, 0.15) is 43.1 Å². The van der Waals surface area contributed by atoms with Gasteiger partial charge in [-0.3, -0.25) is 4.79 Å². The van der Waals surface area contributed by atoms with Crippen molar-refractivity contribution in [3.05, 3.63) is 18.0 Å². The summed E-state index contributed by atoms with van der Waals surface area (Å²) >= 11 is 0. The molecule has 0 bridgehead atoms. The Morgan fingerprint density at radius 3 is 2.81 bits per heavy atom. The second kappa shape index (κ2) is 8.56. The minimum absolute atomic E-state index is 0.131. The van der Waals surface area contributed by atoms with E-state index >= 15 is 0 Å². The number of carbonyl (C=O) groups is 1. The van der Waals surface area contributed by atoms with Gasteiger partial charge in [0.2, 0.25) is 5.95 Å². The summed E-state index contributed by atoms with van der Waals surface area (Å²) in [5.74, 6) is 0.542. The molecule has 1 aromatic rings. The Balaban J connectivity index is 1.86. The molecule has 0 aromatic carbocycles. The van der Waals surface area contributed by atoms with Gasteiger partial charge in [0.05, 0.1) is 0 Å². The van der Waals surface area contributed by atoms with Crippen molar-refractivity contribution in [2.24, 2.45) is 0 Å². The molecule has 0 spiro atoms. The van der Waals surface area contributed by atoms with E-state index in [2.05, 4.69) is 32.4 Å². The maximum absolute atomic E-state index is 12.1. The van der Waals surface area contributed by atoms with Gasteiger partial charge in [-0.25, -0.2) is 9.97 Å². The summed E-state index contributed by atoms with van der Waals surface area (Å²) in [5, 5.41) is 6.13. The fourth-order valence-electron chi connectivity index (χ4n) is 2.38. The van der Waals surface area contributed by atoms with Crippen molar-refractivity contribution in [2.45, 2.75) is 32.6 Å². The van der Waals surface area contributed by atoms with Gasteiger partial charge in [-0.05, 0) is 38.3 Å². The number of hydrogen-bond acceptors (Lipinski definition) is 5. The van der Waals surface area contributed by atoms with Gasteiger partial charge in [0.15, 0.2) is 0 Å². The second-order valence-corrected chi connectivity index (χ2v) is 5.30. The van der Waals surface area contributed by atoms with Crippen molar-refractivity contribution < 1.29 is 4.79 Å². The van der Waals surface area contributed by atoms with E-state index in [-0.39, 0.29) is 5.91 Å². The Bertz CT molecular complexity index is 445. The molecule has 116 valence electrons. The van der Waals surface area contributed by atoms with Gasteiger partial charge in [-0.15, -0.1) is 0 Å². The number of hydrogen-bond donors (Lipinski definition) is 2. The summed E-state index contributed by atoms with van der Waals surface area (Å²) in [4.78, 5) is 22.9. The smallest absolute Gasteiger partial charge is 0.270 e. The first-order valence-electron chi connectivity index (χ1n) is 7.88.